The maximum absolute atomic E-state index is 11.9. The van der Waals surface area contributed by atoms with E-state index < -0.39 is 5.56 Å². The molecule has 0 radical (unpaired) electrons. The molecule has 17 heavy (non-hydrogen) atoms. The minimum Gasteiger partial charge on any atom is -0.369 e. The highest BCUT2D eigenvalue weighted by atomic mass is 16.2. The lowest BCUT2D eigenvalue weighted by molar-refractivity contribution is 0.658. The van der Waals surface area contributed by atoms with Gasteiger partial charge in [0.2, 0.25) is 5.95 Å². The number of aromatic nitrogens is 4. The normalized spacial score (nSPS) is 11.2. The maximum Gasteiger partial charge on any atom is 0.332 e. The summed E-state index contributed by atoms with van der Waals surface area (Å²) in [6.45, 7) is 2.62. The molecule has 0 fully saturated rings. The van der Waals surface area contributed by atoms with Gasteiger partial charge >= 0.3 is 5.69 Å². The van der Waals surface area contributed by atoms with E-state index in [-0.39, 0.29) is 17.2 Å². The quantitative estimate of drug-likeness (QED) is 0.757. The highest BCUT2D eigenvalue weighted by Gasteiger charge is 2.16. The van der Waals surface area contributed by atoms with Gasteiger partial charge in [-0.25, -0.2) is 9.78 Å². The first-order valence-corrected chi connectivity index (χ1v) is 5.40. The fourth-order valence-corrected chi connectivity index (χ4v) is 1.95. The van der Waals surface area contributed by atoms with E-state index in [9.17, 15) is 9.59 Å². The molecule has 0 unspecified atom stereocenters. The summed E-state index contributed by atoms with van der Waals surface area (Å²) < 4.78 is 4.12. The first-order chi connectivity index (χ1) is 7.99. The van der Waals surface area contributed by atoms with Crippen molar-refractivity contribution in [3.63, 3.8) is 0 Å². The Hall–Kier alpha value is -2.05. The summed E-state index contributed by atoms with van der Waals surface area (Å²) in [4.78, 5) is 27.7. The molecule has 0 atom stereocenters. The molecule has 0 aliphatic carbocycles. The second-order valence-electron chi connectivity index (χ2n) is 4.00. The minimum atomic E-state index is -0.412. The molecule has 7 nitrogen and oxygen atoms in total. The van der Waals surface area contributed by atoms with Crippen molar-refractivity contribution >= 4 is 17.1 Å². The molecule has 0 bridgehead atoms. The molecule has 0 aliphatic heterocycles. The first-order valence-electron chi connectivity index (χ1n) is 5.40. The van der Waals surface area contributed by atoms with Crippen LogP contribution in [0.15, 0.2) is 9.59 Å². The van der Waals surface area contributed by atoms with Crippen LogP contribution in [0.1, 0.15) is 13.3 Å². The molecule has 0 aliphatic rings. The van der Waals surface area contributed by atoms with Crippen LogP contribution in [-0.2, 0) is 20.6 Å². The van der Waals surface area contributed by atoms with Crippen molar-refractivity contribution in [1.29, 1.82) is 0 Å². The van der Waals surface area contributed by atoms with Gasteiger partial charge in [-0.2, -0.15) is 0 Å². The number of aryl methyl sites for hydroxylation is 2. The first kappa shape index (κ1) is 11.4. The number of imidazole rings is 1. The van der Waals surface area contributed by atoms with Crippen LogP contribution in [0, 0.1) is 0 Å². The van der Waals surface area contributed by atoms with Gasteiger partial charge in [-0.3, -0.25) is 18.5 Å². The van der Waals surface area contributed by atoms with Crippen LogP contribution in [0.2, 0.25) is 0 Å². The zero-order valence-electron chi connectivity index (χ0n) is 10.1. The third kappa shape index (κ3) is 1.46. The van der Waals surface area contributed by atoms with Crippen LogP contribution >= 0.6 is 0 Å². The average Bonchev–Trinajstić information content (AvgIpc) is 2.62. The van der Waals surface area contributed by atoms with Crippen molar-refractivity contribution in [1.82, 2.24) is 18.7 Å². The third-order valence-electron chi connectivity index (χ3n) is 2.82. The van der Waals surface area contributed by atoms with Crippen molar-refractivity contribution in [3.8, 4) is 0 Å². The molecular weight excluding hydrogens is 222 g/mol. The summed E-state index contributed by atoms with van der Waals surface area (Å²) in [6.07, 6.45) is 0.846. The lowest BCUT2D eigenvalue weighted by atomic mass is 10.4. The van der Waals surface area contributed by atoms with Gasteiger partial charge < -0.3 is 5.73 Å². The molecule has 0 aromatic carbocycles. The van der Waals surface area contributed by atoms with Gasteiger partial charge in [-0.15, -0.1) is 0 Å². The predicted molar refractivity (Wildman–Crippen MR) is 64.9 cm³/mol. The minimum absolute atomic E-state index is 0.237. The molecule has 92 valence electrons. The molecule has 2 aromatic heterocycles. The van der Waals surface area contributed by atoms with Gasteiger partial charge in [0.05, 0.1) is 0 Å². The van der Waals surface area contributed by atoms with Crippen molar-refractivity contribution in [2.45, 2.75) is 19.9 Å². The van der Waals surface area contributed by atoms with Crippen molar-refractivity contribution in [2.75, 3.05) is 5.73 Å². The Morgan fingerprint density at radius 1 is 1.24 bits per heavy atom. The molecule has 0 saturated heterocycles. The largest absolute Gasteiger partial charge is 0.369 e. The van der Waals surface area contributed by atoms with E-state index in [2.05, 4.69) is 4.98 Å². The van der Waals surface area contributed by atoms with Crippen LogP contribution in [0.3, 0.4) is 0 Å². The van der Waals surface area contributed by atoms with Crippen LogP contribution in [0.4, 0.5) is 5.95 Å². The molecule has 2 heterocycles. The summed E-state index contributed by atoms with van der Waals surface area (Å²) >= 11 is 0. The monoisotopic (exact) mass is 237 g/mol. The standard InChI is InChI=1S/C10H15N5O2/c1-4-5-15-7-6(12-9(15)11)8(16)14(3)10(17)13(7)2/h4-5H2,1-3H3,(H2,11,12). The number of hydrogen-bond donors (Lipinski definition) is 1. The number of nitrogen functional groups attached to an aromatic ring is 1. The summed E-state index contributed by atoms with van der Waals surface area (Å²) in [5.74, 6) is 0.264. The van der Waals surface area contributed by atoms with Crippen molar-refractivity contribution < 1.29 is 0 Å². The molecule has 7 heteroatoms. The van der Waals surface area contributed by atoms with Gasteiger partial charge in [-0.1, -0.05) is 6.92 Å². The smallest absolute Gasteiger partial charge is 0.332 e. The number of nitrogens with zero attached hydrogens (tertiary/aromatic N) is 4. The zero-order chi connectivity index (χ0) is 12.7. The Morgan fingerprint density at radius 3 is 2.47 bits per heavy atom. The van der Waals surface area contributed by atoms with E-state index in [1.54, 1.807) is 11.6 Å². The Balaban J connectivity index is 3.02. The predicted octanol–water partition coefficient (Wildman–Crippen LogP) is -0.574. The van der Waals surface area contributed by atoms with Crippen molar-refractivity contribution in [3.05, 3.63) is 20.8 Å². The maximum atomic E-state index is 11.9. The summed E-state index contributed by atoms with van der Waals surface area (Å²) in [5.41, 5.74) is 5.70. The molecule has 0 saturated carbocycles. The highest BCUT2D eigenvalue weighted by molar-refractivity contribution is 5.73. The number of fused-ring (bicyclic) bond motifs is 1. The van der Waals surface area contributed by atoms with Crippen molar-refractivity contribution in [2.24, 2.45) is 14.1 Å². The lowest BCUT2D eigenvalue weighted by Crippen LogP contribution is -2.37. The van der Waals surface area contributed by atoms with Crippen LogP contribution in [-0.4, -0.2) is 18.7 Å². The van der Waals surface area contributed by atoms with E-state index >= 15 is 0 Å². The zero-order valence-corrected chi connectivity index (χ0v) is 10.1. The average molecular weight is 237 g/mol. The molecule has 2 aromatic rings. The second-order valence-corrected chi connectivity index (χ2v) is 4.00. The Morgan fingerprint density at radius 2 is 1.88 bits per heavy atom. The summed E-state index contributed by atoms with van der Waals surface area (Å²) in [7, 11) is 3.04. The van der Waals surface area contributed by atoms with E-state index in [4.69, 9.17) is 5.73 Å². The van der Waals surface area contributed by atoms with Crippen LogP contribution < -0.4 is 17.0 Å². The van der Waals surface area contributed by atoms with Gasteiger partial charge in [0.1, 0.15) is 0 Å². The molecular formula is C10H15N5O2. The summed E-state index contributed by atoms with van der Waals surface area (Å²) in [6, 6.07) is 0. The van der Waals surface area contributed by atoms with E-state index in [1.807, 2.05) is 6.92 Å². The van der Waals surface area contributed by atoms with Gasteiger partial charge in [-0.05, 0) is 6.42 Å². The molecule has 2 rings (SSSR count). The second kappa shape index (κ2) is 3.76. The molecule has 0 amide bonds. The number of nitrogens with two attached hydrogens (primary N) is 1. The van der Waals surface area contributed by atoms with Gasteiger partial charge in [0, 0.05) is 20.6 Å². The van der Waals surface area contributed by atoms with Crippen LogP contribution in [0.25, 0.3) is 11.2 Å². The van der Waals surface area contributed by atoms with Crippen LogP contribution in [0.5, 0.6) is 0 Å². The Kier molecular flexibility index (Phi) is 2.53. The van der Waals surface area contributed by atoms with Gasteiger partial charge in [0.25, 0.3) is 5.56 Å². The number of rotatable bonds is 2. The molecule has 2 N–H and O–H groups in total. The Bertz CT molecular complexity index is 691. The fraction of sp³-hybridized carbons (Fsp3) is 0.500. The molecule has 0 spiro atoms. The number of anilines is 1. The third-order valence-corrected chi connectivity index (χ3v) is 2.82. The Labute approximate surface area is 97.1 Å². The van der Waals surface area contributed by atoms with E-state index in [0.29, 0.717) is 12.2 Å². The van der Waals surface area contributed by atoms with E-state index in [0.717, 1.165) is 11.0 Å². The summed E-state index contributed by atoms with van der Waals surface area (Å²) in [5, 5.41) is 0. The lowest BCUT2D eigenvalue weighted by Gasteiger charge is -2.08. The topological polar surface area (TPSA) is 87.8 Å². The SMILES string of the molecule is CCCn1c(N)nc2c(=O)n(C)c(=O)n(C)c21. The fourth-order valence-electron chi connectivity index (χ4n) is 1.95. The van der Waals surface area contributed by atoms with E-state index in [1.165, 1.54) is 11.6 Å². The number of hydrogen-bond acceptors (Lipinski definition) is 4. The van der Waals surface area contributed by atoms with Gasteiger partial charge in [0.15, 0.2) is 11.2 Å². The highest BCUT2D eigenvalue weighted by Crippen LogP contribution is 2.13.